The number of aliphatic hydroxyl groups is 1. The average molecular weight is 414 g/mol. The van der Waals surface area contributed by atoms with Gasteiger partial charge in [-0.15, -0.1) is 0 Å². The Morgan fingerprint density at radius 2 is 1.80 bits per heavy atom. The van der Waals surface area contributed by atoms with Crippen molar-refractivity contribution >= 4 is 39.5 Å². The van der Waals surface area contributed by atoms with E-state index in [0.717, 1.165) is 4.47 Å². The number of aliphatic hydroxyl groups excluding tert-OH is 1. The maximum Gasteiger partial charge on any atom is 0.355 e. The lowest BCUT2D eigenvalue weighted by molar-refractivity contribution is -0.135. The Kier molecular flexibility index (Phi) is 7.93. The van der Waals surface area contributed by atoms with Crippen molar-refractivity contribution in [3.05, 3.63) is 40.7 Å². The van der Waals surface area contributed by atoms with Gasteiger partial charge in [0.05, 0.1) is 0 Å². The molecule has 5 N–H and O–H groups in total. The van der Waals surface area contributed by atoms with Crippen molar-refractivity contribution < 1.29 is 24.6 Å². The number of benzene rings is 1. The van der Waals surface area contributed by atoms with Gasteiger partial charge in [-0.3, -0.25) is 4.79 Å². The van der Waals surface area contributed by atoms with E-state index in [-0.39, 0.29) is 18.6 Å². The molecule has 0 radical (unpaired) electrons. The molecule has 0 bridgehead atoms. The third-order valence-corrected chi connectivity index (χ3v) is 3.58. The third-order valence-electron chi connectivity index (χ3n) is 3.05. The summed E-state index contributed by atoms with van der Waals surface area (Å²) in [5.41, 5.74) is -0.139. The smallest absolute Gasteiger partial charge is 0.355 e. The molecule has 9 heteroatoms. The lowest BCUT2D eigenvalue weighted by Crippen LogP contribution is -2.49. The van der Waals surface area contributed by atoms with Gasteiger partial charge in [-0.25, -0.2) is 9.59 Å². The van der Waals surface area contributed by atoms with Crippen LogP contribution < -0.4 is 16.0 Å². The largest absolute Gasteiger partial charge is 0.513 e. The zero-order valence-electron chi connectivity index (χ0n) is 13.7. The van der Waals surface area contributed by atoms with Crippen LogP contribution in [0.4, 0.5) is 10.5 Å². The second kappa shape index (κ2) is 9.67. The van der Waals surface area contributed by atoms with Crippen LogP contribution in [0.15, 0.2) is 40.7 Å². The van der Waals surface area contributed by atoms with Crippen LogP contribution in [-0.2, 0) is 9.59 Å². The first-order valence-corrected chi connectivity index (χ1v) is 8.23. The molecular formula is C16H20BrN3O5. The van der Waals surface area contributed by atoms with Crippen LogP contribution >= 0.6 is 15.9 Å². The van der Waals surface area contributed by atoms with Gasteiger partial charge in [-0.1, -0.05) is 29.8 Å². The third kappa shape index (κ3) is 7.25. The molecule has 0 unspecified atom stereocenters. The summed E-state index contributed by atoms with van der Waals surface area (Å²) in [5.74, 6) is -2.16. The molecule has 0 aliphatic heterocycles. The summed E-state index contributed by atoms with van der Waals surface area (Å²) in [5, 5.41) is 24.8. The van der Waals surface area contributed by atoms with Crippen LogP contribution in [0.3, 0.4) is 0 Å². The topological polar surface area (TPSA) is 128 Å². The molecule has 0 aromatic heterocycles. The maximum absolute atomic E-state index is 12.2. The summed E-state index contributed by atoms with van der Waals surface area (Å²) >= 11 is 3.28. The predicted octanol–water partition coefficient (Wildman–Crippen LogP) is 2.59. The van der Waals surface area contributed by atoms with Gasteiger partial charge in [0.15, 0.2) is 5.70 Å². The molecule has 0 fully saturated rings. The highest BCUT2D eigenvalue weighted by Gasteiger charge is 2.24. The Hall–Kier alpha value is -2.55. The van der Waals surface area contributed by atoms with Crippen LogP contribution in [0.25, 0.3) is 0 Å². The zero-order chi connectivity index (χ0) is 19.0. The number of anilines is 1. The Morgan fingerprint density at radius 1 is 1.20 bits per heavy atom. The van der Waals surface area contributed by atoms with Crippen molar-refractivity contribution in [3.63, 3.8) is 0 Å². The number of urea groups is 1. The number of carboxylic acid groups (broad SMARTS) is 1. The quantitative estimate of drug-likeness (QED) is 0.346. The van der Waals surface area contributed by atoms with Crippen LogP contribution in [0.2, 0.25) is 0 Å². The fraction of sp³-hybridized carbons (Fsp3) is 0.312. The first-order chi connectivity index (χ1) is 11.7. The van der Waals surface area contributed by atoms with Gasteiger partial charge in [0.1, 0.15) is 12.3 Å². The summed E-state index contributed by atoms with van der Waals surface area (Å²) in [6.07, 6.45) is 0.576. The fourth-order valence-electron chi connectivity index (χ4n) is 1.92. The second-order valence-corrected chi connectivity index (χ2v) is 6.54. The number of aliphatic carboxylic acids is 1. The molecule has 0 heterocycles. The number of carbonyl (C=O) groups is 3. The first kappa shape index (κ1) is 20.5. The van der Waals surface area contributed by atoms with E-state index in [1.165, 1.54) is 0 Å². The predicted molar refractivity (Wildman–Crippen MR) is 96.0 cm³/mol. The van der Waals surface area contributed by atoms with E-state index in [9.17, 15) is 14.4 Å². The lowest BCUT2D eigenvalue weighted by Gasteiger charge is -2.20. The van der Waals surface area contributed by atoms with Crippen molar-refractivity contribution in [1.29, 1.82) is 0 Å². The van der Waals surface area contributed by atoms with E-state index in [0.29, 0.717) is 5.69 Å². The number of halogens is 1. The maximum atomic E-state index is 12.2. The van der Waals surface area contributed by atoms with E-state index in [1.807, 2.05) is 13.8 Å². The molecule has 0 aliphatic carbocycles. The molecule has 0 spiro atoms. The standard InChI is InChI=1S/C16H20BrN3O5/c1-9(2)7-12(14(22)19-13(8-21)15(23)24)20-16(25)18-11-5-3-10(17)4-6-11/h3-6,8-9,12,21H,7H2,1-2H3,(H,19,22)(H,23,24)(H2,18,20,25)/t12-/m0/s1. The lowest BCUT2D eigenvalue weighted by atomic mass is 10.0. The van der Waals surface area contributed by atoms with E-state index < -0.39 is 29.6 Å². The van der Waals surface area contributed by atoms with Crippen molar-refractivity contribution in [2.45, 2.75) is 26.3 Å². The van der Waals surface area contributed by atoms with Crippen molar-refractivity contribution in [2.75, 3.05) is 5.32 Å². The van der Waals surface area contributed by atoms with E-state index in [2.05, 4.69) is 31.9 Å². The van der Waals surface area contributed by atoms with Gasteiger partial charge in [-0.2, -0.15) is 0 Å². The van der Waals surface area contributed by atoms with Gasteiger partial charge >= 0.3 is 12.0 Å². The minimum Gasteiger partial charge on any atom is -0.513 e. The highest BCUT2D eigenvalue weighted by Crippen LogP contribution is 2.14. The SMILES string of the molecule is CC(C)C[C@H](NC(=O)Nc1ccc(Br)cc1)C(=O)NC(=CO)C(=O)O. The number of hydrogen-bond acceptors (Lipinski definition) is 4. The van der Waals surface area contributed by atoms with Crippen LogP contribution in [0.5, 0.6) is 0 Å². The number of hydrogen-bond donors (Lipinski definition) is 5. The van der Waals surface area contributed by atoms with Crippen LogP contribution in [0, 0.1) is 5.92 Å². The second-order valence-electron chi connectivity index (χ2n) is 5.62. The van der Waals surface area contributed by atoms with Crippen molar-refractivity contribution in [1.82, 2.24) is 10.6 Å². The Morgan fingerprint density at radius 3 is 2.28 bits per heavy atom. The molecule has 0 saturated carbocycles. The molecular weight excluding hydrogens is 394 g/mol. The number of amides is 3. The van der Waals surface area contributed by atoms with Gasteiger partial charge in [0.2, 0.25) is 5.91 Å². The molecule has 3 amide bonds. The molecule has 1 rings (SSSR count). The zero-order valence-corrected chi connectivity index (χ0v) is 15.3. The average Bonchev–Trinajstić information content (AvgIpc) is 2.53. The summed E-state index contributed by atoms with van der Waals surface area (Å²) < 4.78 is 0.854. The van der Waals surface area contributed by atoms with Crippen molar-refractivity contribution in [2.24, 2.45) is 5.92 Å². The molecule has 25 heavy (non-hydrogen) atoms. The molecule has 1 aromatic rings. The van der Waals surface area contributed by atoms with E-state index >= 15 is 0 Å². The van der Waals surface area contributed by atoms with E-state index in [4.69, 9.17) is 10.2 Å². The van der Waals surface area contributed by atoms with Gasteiger partial charge in [0.25, 0.3) is 0 Å². The molecule has 0 saturated heterocycles. The number of carboxylic acids is 1. The van der Waals surface area contributed by atoms with Gasteiger partial charge < -0.3 is 26.2 Å². The number of nitrogens with one attached hydrogen (secondary N) is 3. The molecule has 136 valence electrons. The van der Waals surface area contributed by atoms with Crippen molar-refractivity contribution in [3.8, 4) is 0 Å². The summed E-state index contributed by atoms with van der Waals surface area (Å²) in [7, 11) is 0. The molecule has 1 atom stereocenters. The van der Waals surface area contributed by atoms with Crippen LogP contribution in [-0.4, -0.2) is 34.2 Å². The molecule has 1 aromatic carbocycles. The van der Waals surface area contributed by atoms with E-state index in [1.54, 1.807) is 24.3 Å². The minimum absolute atomic E-state index is 0.0649. The summed E-state index contributed by atoms with van der Waals surface area (Å²) in [6, 6.07) is 5.28. The molecule has 0 aliphatic rings. The normalized spacial score (nSPS) is 12.4. The molecule has 8 nitrogen and oxygen atoms in total. The highest BCUT2D eigenvalue weighted by atomic mass is 79.9. The Balaban J connectivity index is 2.77. The van der Waals surface area contributed by atoms with Gasteiger partial charge in [-0.05, 0) is 36.6 Å². The summed E-state index contributed by atoms with van der Waals surface area (Å²) in [4.78, 5) is 35.2. The summed E-state index contributed by atoms with van der Waals surface area (Å²) in [6.45, 7) is 3.71. The van der Waals surface area contributed by atoms with Gasteiger partial charge in [0, 0.05) is 10.2 Å². The first-order valence-electron chi connectivity index (χ1n) is 7.44. The Bertz CT molecular complexity index is 658. The monoisotopic (exact) mass is 413 g/mol. The Labute approximate surface area is 153 Å². The van der Waals surface area contributed by atoms with Crippen LogP contribution in [0.1, 0.15) is 20.3 Å². The highest BCUT2D eigenvalue weighted by molar-refractivity contribution is 9.10. The minimum atomic E-state index is -1.49. The number of carbonyl (C=O) groups excluding carboxylic acids is 2. The number of rotatable bonds is 7. The fourth-order valence-corrected chi connectivity index (χ4v) is 2.19.